The van der Waals surface area contributed by atoms with Crippen molar-refractivity contribution in [2.75, 3.05) is 31.9 Å². The van der Waals surface area contributed by atoms with Crippen LogP contribution in [0.2, 0.25) is 0 Å². The first-order valence-corrected chi connectivity index (χ1v) is 6.29. The molecule has 4 N–H and O–H groups in total. The molecule has 2 rings (SSSR count). The monoisotopic (exact) mass is 276 g/mol. The van der Waals surface area contributed by atoms with Crippen molar-refractivity contribution in [2.24, 2.45) is 0 Å². The minimum atomic E-state index is -0.909. The molecule has 1 heterocycles. The smallest absolute Gasteiger partial charge is 0.316 e. The van der Waals surface area contributed by atoms with Crippen LogP contribution < -0.4 is 16.4 Å². The van der Waals surface area contributed by atoms with E-state index in [1.165, 1.54) is 17.0 Å². The predicted octanol–water partition coefficient (Wildman–Crippen LogP) is -1.04. The van der Waals surface area contributed by atoms with E-state index < -0.39 is 17.7 Å². The number of nitrogen functional groups attached to an aromatic ring is 1. The quantitative estimate of drug-likeness (QED) is 0.449. The molecular formula is C13H16N4O3. The molecule has 1 fully saturated rings. The Kier molecular flexibility index (Phi) is 4.31. The number of nitrogens with one attached hydrogen (secondary N) is 2. The molecule has 3 amide bonds. The van der Waals surface area contributed by atoms with Crippen molar-refractivity contribution in [3.63, 3.8) is 0 Å². The third-order valence-corrected chi connectivity index (χ3v) is 3.00. The number of hydrogen-bond donors (Lipinski definition) is 3. The van der Waals surface area contributed by atoms with E-state index in [0.29, 0.717) is 31.9 Å². The lowest BCUT2D eigenvalue weighted by atomic mass is 10.2. The zero-order chi connectivity index (χ0) is 14.5. The molecule has 1 aliphatic heterocycles. The number of benzene rings is 1. The van der Waals surface area contributed by atoms with Gasteiger partial charge >= 0.3 is 11.8 Å². The molecule has 1 saturated heterocycles. The lowest BCUT2D eigenvalue weighted by Crippen LogP contribution is -2.52. The molecule has 1 aromatic carbocycles. The molecule has 0 unspecified atom stereocenters. The van der Waals surface area contributed by atoms with E-state index in [-0.39, 0.29) is 5.56 Å². The van der Waals surface area contributed by atoms with Crippen molar-refractivity contribution in [1.82, 2.24) is 15.5 Å². The Bertz CT molecular complexity index is 521. The number of rotatable bonds is 1. The molecule has 7 nitrogen and oxygen atoms in total. The molecular weight excluding hydrogens is 260 g/mol. The first-order chi connectivity index (χ1) is 9.58. The van der Waals surface area contributed by atoms with Crippen LogP contribution in [0.25, 0.3) is 0 Å². The topological polar surface area (TPSA) is 105 Å². The van der Waals surface area contributed by atoms with Crippen LogP contribution in [-0.2, 0) is 9.59 Å². The number of carbonyl (C=O) groups is 3. The van der Waals surface area contributed by atoms with Crippen LogP contribution in [0.15, 0.2) is 24.3 Å². The minimum Gasteiger partial charge on any atom is -0.399 e. The van der Waals surface area contributed by atoms with Crippen molar-refractivity contribution in [3.8, 4) is 0 Å². The normalized spacial score (nSPS) is 14.7. The number of imide groups is 1. The predicted molar refractivity (Wildman–Crippen MR) is 72.8 cm³/mol. The van der Waals surface area contributed by atoms with E-state index in [2.05, 4.69) is 10.6 Å². The van der Waals surface area contributed by atoms with Crippen LogP contribution in [0.3, 0.4) is 0 Å². The van der Waals surface area contributed by atoms with Gasteiger partial charge in [0.25, 0.3) is 5.91 Å². The highest BCUT2D eigenvalue weighted by Crippen LogP contribution is 2.05. The maximum atomic E-state index is 11.8. The summed E-state index contributed by atoms with van der Waals surface area (Å²) in [6.45, 7) is 2.21. The van der Waals surface area contributed by atoms with E-state index in [0.717, 1.165) is 0 Å². The number of nitrogens with two attached hydrogens (primary N) is 1. The molecule has 0 spiro atoms. The number of carbonyl (C=O) groups excluding carboxylic acids is 3. The SMILES string of the molecule is Nc1ccc(C(=O)NC(=O)C(=O)N2CCNCC2)cc1. The van der Waals surface area contributed by atoms with Crippen molar-refractivity contribution >= 4 is 23.4 Å². The van der Waals surface area contributed by atoms with Gasteiger partial charge in [-0.15, -0.1) is 0 Å². The lowest BCUT2D eigenvalue weighted by molar-refractivity contribution is -0.145. The second-order valence-electron chi connectivity index (χ2n) is 4.45. The Morgan fingerprint density at radius 3 is 2.30 bits per heavy atom. The molecule has 0 aromatic heterocycles. The third kappa shape index (κ3) is 3.33. The lowest BCUT2D eigenvalue weighted by Gasteiger charge is -2.26. The number of anilines is 1. The number of piperazine rings is 1. The summed E-state index contributed by atoms with van der Waals surface area (Å²) in [5.74, 6) is -2.21. The van der Waals surface area contributed by atoms with Crippen LogP contribution in [0.5, 0.6) is 0 Å². The van der Waals surface area contributed by atoms with E-state index in [4.69, 9.17) is 5.73 Å². The Morgan fingerprint density at radius 1 is 1.10 bits per heavy atom. The van der Waals surface area contributed by atoms with Gasteiger partial charge in [0, 0.05) is 37.4 Å². The second-order valence-corrected chi connectivity index (χ2v) is 4.45. The van der Waals surface area contributed by atoms with Crippen LogP contribution in [0.1, 0.15) is 10.4 Å². The van der Waals surface area contributed by atoms with E-state index >= 15 is 0 Å². The molecule has 0 aliphatic carbocycles. The fourth-order valence-electron chi connectivity index (χ4n) is 1.87. The highest BCUT2D eigenvalue weighted by molar-refractivity contribution is 6.38. The molecule has 1 aromatic rings. The summed E-state index contributed by atoms with van der Waals surface area (Å²) in [7, 11) is 0. The number of hydrogen-bond acceptors (Lipinski definition) is 5. The minimum absolute atomic E-state index is 0.278. The molecule has 20 heavy (non-hydrogen) atoms. The van der Waals surface area contributed by atoms with Crippen LogP contribution in [0.4, 0.5) is 5.69 Å². The molecule has 0 atom stereocenters. The fourth-order valence-corrected chi connectivity index (χ4v) is 1.87. The van der Waals surface area contributed by atoms with Gasteiger partial charge in [-0.25, -0.2) is 0 Å². The van der Waals surface area contributed by atoms with E-state index in [1.807, 2.05) is 0 Å². The standard InChI is InChI=1S/C13H16N4O3/c14-10-3-1-9(2-4-10)11(18)16-12(19)13(20)17-7-5-15-6-8-17/h1-4,15H,5-8,14H2,(H,16,18,19). The maximum Gasteiger partial charge on any atom is 0.316 e. The molecule has 0 saturated carbocycles. The zero-order valence-corrected chi connectivity index (χ0v) is 10.9. The van der Waals surface area contributed by atoms with Gasteiger partial charge < -0.3 is 16.0 Å². The first kappa shape index (κ1) is 14.0. The van der Waals surface area contributed by atoms with Gasteiger partial charge in [0.1, 0.15) is 0 Å². The van der Waals surface area contributed by atoms with E-state index in [1.54, 1.807) is 12.1 Å². The fraction of sp³-hybridized carbons (Fsp3) is 0.308. The summed E-state index contributed by atoms with van der Waals surface area (Å²) in [5, 5.41) is 5.16. The van der Waals surface area contributed by atoms with E-state index in [9.17, 15) is 14.4 Å². The Labute approximate surface area is 116 Å². The average Bonchev–Trinajstić information content (AvgIpc) is 2.48. The van der Waals surface area contributed by atoms with Crippen LogP contribution in [0, 0.1) is 0 Å². The number of nitrogens with zero attached hydrogens (tertiary/aromatic N) is 1. The summed E-state index contributed by atoms with van der Waals surface area (Å²) >= 11 is 0. The van der Waals surface area contributed by atoms with Gasteiger partial charge in [0.2, 0.25) is 0 Å². The molecule has 7 heteroatoms. The van der Waals surface area contributed by atoms with Crippen molar-refractivity contribution in [1.29, 1.82) is 0 Å². The third-order valence-electron chi connectivity index (χ3n) is 3.00. The average molecular weight is 276 g/mol. The summed E-state index contributed by atoms with van der Waals surface area (Å²) in [6.07, 6.45) is 0. The molecule has 106 valence electrons. The Balaban J connectivity index is 1.94. The van der Waals surface area contributed by atoms with Gasteiger partial charge in [0.15, 0.2) is 0 Å². The maximum absolute atomic E-state index is 11.8. The highest BCUT2D eigenvalue weighted by atomic mass is 16.2. The Morgan fingerprint density at radius 2 is 1.70 bits per heavy atom. The van der Waals surface area contributed by atoms with Gasteiger partial charge in [-0.05, 0) is 24.3 Å². The Hall–Kier alpha value is -2.41. The van der Waals surface area contributed by atoms with Gasteiger partial charge in [-0.3, -0.25) is 19.7 Å². The van der Waals surface area contributed by atoms with Gasteiger partial charge in [-0.1, -0.05) is 0 Å². The zero-order valence-electron chi connectivity index (χ0n) is 10.9. The summed E-state index contributed by atoms with van der Waals surface area (Å²) in [5.41, 5.74) is 6.31. The highest BCUT2D eigenvalue weighted by Gasteiger charge is 2.24. The van der Waals surface area contributed by atoms with Crippen LogP contribution in [-0.4, -0.2) is 48.8 Å². The van der Waals surface area contributed by atoms with Crippen molar-refractivity contribution in [3.05, 3.63) is 29.8 Å². The summed E-state index contributed by atoms with van der Waals surface area (Å²) in [6, 6.07) is 6.09. The summed E-state index contributed by atoms with van der Waals surface area (Å²) < 4.78 is 0. The van der Waals surface area contributed by atoms with Crippen LogP contribution >= 0.6 is 0 Å². The summed E-state index contributed by atoms with van der Waals surface area (Å²) in [4.78, 5) is 36.8. The molecule has 0 bridgehead atoms. The first-order valence-electron chi connectivity index (χ1n) is 6.29. The second kappa shape index (κ2) is 6.16. The number of amides is 3. The van der Waals surface area contributed by atoms with Gasteiger partial charge in [0.05, 0.1) is 0 Å². The molecule has 1 aliphatic rings. The van der Waals surface area contributed by atoms with Gasteiger partial charge in [-0.2, -0.15) is 0 Å². The molecule has 0 radical (unpaired) electrons. The van der Waals surface area contributed by atoms with Crippen molar-refractivity contribution in [2.45, 2.75) is 0 Å². The largest absolute Gasteiger partial charge is 0.399 e. The van der Waals surface area contributed by atoms with Crippen molar-refractivity contribution < 1.29 is 14.4 Å².